The molecule has 0 aromatic heterocycles. The molecule has 1 rings (SSSR count). The lowest BCUT2D eigenvalue weighted by Gasteiger charge is -2.10. The van der Waals surface area contributed by atoms with E-state index in [9.17, 15) is 8.42 Å². The Kier molecular flexibility index (Phi) is 6.57. The molecule has 0 heterocycles. The number of hydrogen-bond acceptors (Lipinski definition) is 3. The minimum atomic E-state index is -3.08. The highest BCUT2D eigenvalue weighted by Gasteiger charge is 2.33. The highest BCUT2D eigenvalue weighted by atomic mass is 32.2. The van der Waals surface area contributed by atoms with Crippen molar-refractivity contribution in [3.63, 3.8) is 0 Å². The number of aliphatic imine (C=N–C) groups is 1. The minimum absolute atomic E-state index is 0.125. The van der Waals surface area contributed by atoms with Crippen molar-refractivity contribution >= 4 is 16.0 Å². The molecule has 2 atom stereocenters. The van der Waals surface area contributed by atoms with E-state index < -0.39 is 10.0 Å². The smallest absolute Gasteiger partial charge is 0.211 e. The largest absolute Gasteiger partial charge is 0.357 e. The first-order valence-corrected chi connectivity index (χ1v) is 8.66. The van der Waals surface area contributed by atoms with Gasteiger partial charge in [-0.1, -0.05) is 6.92 Å². The Labute approximate surface area is 116 Å². The molecule has 0 aliphatic heterocycles. The van der Waals surface area contributed by atoms with E-state index in [1.54, 1.807) is 6.92 Å². The molecule has 0 radical (unpaired) electrons. The zero-order valence-corrected chi connectivity index (χ0v) is 12.9. The summed E-state index contributed by atoms with van der Waals surface area (Å²) in [6, 6.07) is 0.538. The van der Waals surface area contributed by atoms with E-state index in [-0.39, 0.29) is 5.75 Å². The maximum absolute atomic E-state index is 11.2. The van der Waals surface area contributed by atoms with Crippen molar-refractivity contribution in [2.75, 3.05) is 25.4 Å². The lowest BCUT2D eigenvalue weighted by Crippen LogP contribution is -2.39. The minimum Gasteiger partial charge on any atom is -0.357 e. The van der Waals surface area contributed by atoms with Gasteiger partial charge in [0.15, 0.2) is 5.96 Å². The standard InChI is InChI=1S/C12H26N4O2S/c1-4-13-12(16-11-9-10(11)3)14-7-6-8-15-19(17,18)5-2/h10-11,15H,4-9H2,1-3H3,(H2,13,14,16). The molecule has 2 unspecified atom stereocenters. The molecule has 0 aromatic rings. The summed E-state index contributed by atoms with van der Waals surface area (Å²) >= 11 is 0. The fraction of sp³-hybridized carbons (Fsp3) is 0.917. The summed E-state index contributed by atoms with van der Waals surface area (Å²) < 4.78 is 25.0. The third kappa shape index (κ3) is 6.77. The molecule has 0 bridgehead atoms. The molecule has 1 aliphatic rings. The van der Waals surface area contributed by atoms with Gasteiger partial charge >= 0.3 is 0 Å². The zero-order valence-electron chi connectivity index (χ0n) is 12.1. The summed E-state index contributed by atoms with van der Waals surface area (Å²) in [5.41, 5.74) is 0. The quantitative estimate of drug-likeness (QED) is 0.341. The number of hydrogen-bond donors (Lipinski definition) is 3. The summed E-state index contributed by atoms with van der Waals surface area (Å²) in [4.78, 5) is 4.43. The number of rotatable bonds is 8. The van der Waals surface area contributed by atoms with Crippen LogP contribution in [0.1, 0.15) is 33.6 Å². The van der Waals surface area contributed by atoms with E-state index in [1.807, 2.05) is 6.92 Å². The maximum Gasteiger partial charge on any atom is 0.211 e. The van der Waals surface area contributed by atoms with E-state index >= 15 is 0 Å². The van der Waals surface area contributed by atoms with Crippen molar-refractivity contribution in [2.24, 2.45) is 10.9 Å². The molecule has 1 fully saturated rings. The van der Waals surface area contributed by atoms with Gasteiger partial charge in [-0.05, 0) is 32.6 Å². The normalized spacial score (nSPS) is 23.2. The van der Waals surface area contributed by atoms with Gasteiger partial charge < -0.3 is 10.6 Å². The van der Waals surface area contributed by atoms with Crippen molar-refractivity contribution in [2.45, 2.75) is 39.7 Å². The Bertz CT molecular complexity index is 395. The maximum atomic E-state index is 11.2. The van der Waals surface area contributed by atoms with Gasteiger partial charge in [0.05, 0.1) is 5.75 Å². The van der Waals surface area contributed by atoms with Gasteiger partial charge in [0.2, 0.25) is 10.0 Å². The van der Waals surface area contributed by atoms with E-state index in [2.05, 4.69) is 27.3 Å². The van der Waals surface area contributed by atoms with Gasteiger partial charge in [0, 0.05) is 25.7 Å². The SMILES string of the molecule is CCNC(=NCCCNS(=O)(=O)CC)NC1CC1C. The van der Waals surface area contributed by atoms with Crippen molar-refractivity contribution in [3.05, 3.63) is 0 Å². The van der Waals surface area contributed by atoms with Crippen LogP contribution < -0.4 is 15.4 Å². The van der Waals surface area contributed by atoms with E-state index in [0.717, 1.165) is 18.4 Å². The van der Waals surface area contributed by atoms with Gasteiger partial charge in [-0.2, -0.15) is 0 Å². The first-order valence-electron chi connectivity index (χ1n) is 7.00. The second kappa shape index (κ2) is 7.69. The molecule has 1 aliphatic carbocycles. The molecule has 0 spiro atoms. The first-order chi connectivity index (χ1) is 8.98. The van der Waals surface area contributed by atoms with Crippen LogP contribution in [-0.2, 0) is 10.0 Å². The summed E-state index contributed by atoms with van der Waals surface area (Å²) in [5.74, 6) is 1.68. The molecule has 1 saturated carbocycles. The Morgan fingerprint density at radius 3 is 2.58 bits per heavy atom. The molecular formula is C12H26N4O2S. The Morgan fingerprint density at radius 2 is 2.05 bits per heavy atom. The second-order valence-electron chi connectivity index (χ2n) is 4.88. The third-order valence-corrected chi connectivity index (χ3v) is 4.49. The first kappa shape index (κ1) is 16.2. The van der Waals surface area contributed by atoms with Gasteiger partial charge in [-0.25, -0.2) is 13.1 Å². The number of guanidine groups is 1. The van der Waals surface area contributed by atoms with Crippen LogP contribution in [0.3, 0.4) is 0 Å². The van der Waals surface area contributed by atoms with Crippen molar-refractivity contribution in [1.29, 1.82) is 0 Å². The summed E-state index contributed by atoms with van der Waals surface area (Å²) in [5, 5.41) is 6.55. The van der Waals surface area contributed by atoms with Crippen LogP contribution in [0, 0.1) is 5.92 Å². The molecular weight excluding hydrogens is 264 g/mol. The van der Waals surface area contributed by atoms with Crippen molar-refractivity contribution in [1.82, 2.24) is 15.4 Å². The van der Waals surface area contributed by atoms with Crippen LogP contribution in [-0.4, -0.2) is 45.8 Å². The monoisotopic (exact) mass is 290 g/mol. The molecule has 19 heavy (non-hydrogen) atoms. The van der Waals surface area contributed by atoms with E-state index in [4.69, 9.17) is 0 Å². The molecule has 3 N–H and O–H groups in total. The summed E-state index contributed by atoms with van der Waals surface area (Å²) in [7, 11) is -3.08. The van der Waals surface area contributed by atoms with Crippen LogP contribution in [0.25, 0.3) is 0 Å². The predicted molar refractivity (Wildman–Crippen MR) is 78.8 cm³/mol. The van der Waals surface area contributed by atoms with E-state index in [1.165, 1.54) is 6.42 Å². The van der Waals surface area contributed by atoms with Crippen LogP contribution in [0.4, 0.5) is 0 Å². The fourth-order valence-electron chi connectivity index (χ4n) is 1.62. The van der Waals surface area contributed by atoms with Crippen molar-refractivity contribution < 1.29 is 8.42 Å². The molecule has 0 saturated heterocycles. The van der Waals surface area contributed by atoms with Gasteiger partial charge in [-0.15, -0.1) is 0 Å². The van der Waals surface area contributed by atoms with Crippen LogP contribution in [0.15, 0.2) is 4.99 Å². The number of nitrogens with zero attached hydrogens (tertiary/aromatic N) is 1. The highest BCUT2D eigenvalue weighted by molar-refractivity contribution is 7.89. The van der Waals surface area contributed by atoms with E-state index in [0.29, 0.717) is 25.6 Å². The Hall–Kier alpha value is -0.820. The average Bonchev–Trinajstić information content (AvgIpc) is 3.04. The molecule has 0 aromatic carbocycles. The Balaban J connectivity index is 2.23. The van der Waals surface area contributed by atoms with Crippen LogP contribution in [0.2, 0.25) is 0 Å². The highest BCUT2D eigenvalue weighted by Crippen LogP contribution is 2.28. The van der Waals surface area contributed by atoms with Gasteiger partial charge in [0.1, 0.15) is 0 Å². The summed E-state index contributed by atoms with van der Waals surface area (Å²) in [6.07, 6.45) is 1.90. The number of sulfonamides is 1. The fourth-order valence-corrected chi connectivity index (χ4v) is 2.28. The topological polar surface area (TPSA) is 82.6 Å². The zero-order chi connectivity index (χ0) is 14.3. The second-order valence-corrected chi connectivity index (χ2v) is 6.97. The van der Waals surface area contributed by atoms with Gasteiger partial charge in [-0.3, -0.25) is 4.99 Å². The lowest BCUT2D eigenvalue weighted by molar-refractivity contribution is 0.581. The van der Waals surface area contributed by atoms with Gasteiger partial charge in [0.25, 0.3) is 0 Å². The van der Waals surface area contributed by atoms with Crippen LogP contribution >= 0.6 is 0 Å². The average molecular weight is 290 g/mol. The molecule has 0 amide bonds. The summed E-state index contributed by atoms with van der Waals surface area (Å²) in [6.45, 7) is 7.76. The Morgan fingerprint density at radius 1 is 1.37 bits per heavy atom. The molecule has 7 heteroatoms. The molecule has 6 nitrogen and oxygen atoms in total. The third-order valence-electron chi connectivity index (χ3n) is 3.08. The molecule has 112 valence electrons. The lowest BCUT2D eigenvalue weighted by atomic mass is 10.4. The predicted octanol–water partition coefficient (Wildman–Crippen LogP) is 0.279. The number of nitrogens with one attached hydrogen (secondary N) is 3. The van der Waals surface area contributed by atoms with Crippen LogP contribution in [0.5, 0.6) is 0 Å². The van der Waals surface area contributed by atoms with Crippen molar-refractivity contribution in [3.8, 4) is 0 Å².